The molecule has 1 aliphatic heterocycles. The molecule has 1 aromatic rings. The zero-order valence-electron chi connectivity index (χ0n) is 14.1. The predicted octanol–water partition coefficient (Wildman–Crippen LogP) is 3.67. The average molecular weight is 308 g/mol. The summed E-state index contributed by atoms with van der Waals surface area (Å²) in [5.74, 6) is 3.38. The van der Waals surface area contributed by atoms with Crippen molar-refractivity contribution in [2.75, 3.05) is 29.9 Å². The fraction of sp³-hybridized carbons (Fsp3) is 0.750. The van der Waals surface area contributed by atoms with E-state index in [0.29, 0.717) is 16.4 Å². The Kier molecular flexibility index (Phi) is 5.36. The molecule has 1 aliphatic rings. The first kappa shape index (κ1) is 16.4. The molecule has 5 heteroatoms. The lowest BCUT2D eigenvalue weighted by molar-refractivity contribution is 0.699. The monoisotopic (exact) mass is 308 g/mol. The van der Waals surface area contributed by atoms with Crippen LogP contribution in [0.1, 0.15) is 51.9 Å². The molecule has 21 heavy (non-hydrogen) atoms. The van der Waals surface area contributed by atoms with Crippen molar-refractivity contribution in [3.05, 3.63) is 11.4 Å². The Balaban J connectivity index is 2.40. The summed E-state index contributed by atoms with van der Waals surface area (Å²) in [5, 5.41) is 4.68. The molecule has 0 radical (unpaired) electrons. The van der Waals surface area contributed by atoms with Gasteiger partial charge in [-0.2, -0.15) is 11.8 Å². The van der Waals surface area contributed by atoms with E-state index in [1.165, 1.54) is 5.56 Å². The van der Waals surface area contributed by atoms with Crippen LogP contribution in [0.15, 0.2) is 0 Å². The van der Waals surface area contributed by atoms with Crippen LogP contribution in [-0.4, -0.2) is 40.1 Å². The van der Waals surface area contributed by atoms with Crippen molar-refractivity contribution in [1.29, 1.82) is 0 Å². The first-order chi connectivity index (χ1) is 9.92. The van der Waals surface area contributed by atoms with Gasteiger partial charge in [0.25, 0.3) is 0 Å². The Morgan fingerprint density at radius 1 is 1.24 bits per heavy atom. The molecular weight excluding hydrogens is 280 g/mol. The van der Waals surface area contributed by atoms with Gasteiger partial charge in [-0.1, -0.05) is 27.7 Å². The normalized spacial score (nSPS) is 22.7. The van der Waals surface area contributed by atoms with Crippen LogP contribution in [0.2, 0.25) is 0 Å². The van der Waals surface area contributed by atoms with Crippen LogP contribution in [0.3, 0.4) is 0 Å². The van der Waals surface area contributed by atoms with Crippen LogP contribution in [0.5, 0.6) is 0 Å². The lowest BCUT2D eigenvalue weighted by Gasteiger charge is -2.36. The van der Waals surface area contributed by atoms with Crippen LogP contribution in [0.25, 0.3) is 0 Å². The van der Waals surface area contributed by atoms with Gasteiger partial charge in [-0.15, -0.1) is 0 Å². The molecule has 1 aromatic heterocycles. The van der Waals surface area contributed by atoms with Crippen molar-refractivity contribution in [3.63, 3.8) is 0 Å². The van der Waals surface area contributed by atoms with Crippen LogP contribution in [-0.2, 0) is 0 Å². The molecule has 2 atom stereocenters. The second-order valence-electron chi connectivity index (χ2n) is 6.23. The molecule has 0 amide bonds. The molecule has 4 nitrogen and oxygen atoms in total. The van der Waals surface area contributed by atoms with Gasteiger partial charge in [0.2, 0.25) is 0 Å². The van der Waals surface area contributed by atoms with Gasteiger partial charge in [0.1, 0.15) is 17.5 Å². The summed E-state index contributed by atoms with van der Waals surface area (Å²) in [7, 11) is 0. The Morgan fingerprint density at radius 3 is 2.38 bits per heavy atom. The molecule has 0 saturated carbocycles. The second kappa shape index (κ2) is 6.86. The zero-order valence-corrected chi connectivity index (χ0v) is 14.9. The quantitative estimate of drug-likeness (QED) is 0.919. The number of thioether (sulfide) groups is 1. The lowest BCUT2D eigenvalue weighted by Crippen LogP contribution is -2.41. The third kappa shape index (κ3) is 3.82. The molecule has 0 spiro atoms. The molecule has 1 saturated heterocycles. The number of aromatic nitrogens is 2. The zero-order chi connectivity index (χ0) is 15.6. The van der Waals surface area contributed by atoms with Crippen molar-refractivity contribution in [1.82, 2.24) is 9.97 Å². The van der Waals surface area contributed by atoms with E-state index in [0.717, 1.165) is 37.1 Å². The van der Waals surface area contributed by atoms with Crippen molar-refractivity contribution in [2.45, 2.75) is 58.0 Å². The van der Waals surface area contributed by atoms with E-state index in [2.05, 4.69) is 63.5 Å². The Bertz CT molecular complexity index is 479. The minimum absolute atomic E-state index is 0.343. The van der Waals surface area contributed by atoms with Crippen LogP contribution >= 0.6 is 11.8 Å². The molecule has 1 N–H and O–H groups in total. The minimum Gasteiger partial charge on any atom is -0.370 e. The molecular formula is C16H28N4S. The van der Waals surface area contributed by atoms with E-state index >= 15 is 0 Å². The molecule has 118 valence electrons. The summed E-state index contributed by atoms with van der Waals surface area (Å²) < 4.78 is 0. The fourth-order valence-corrected chi connectivity index (χ4v) is 4.10. The van der Waals surface area contributed by atoms with Crippen molar-refractivity contribution in [3.8, 4) is 0 Å². The van der Waals surface area contributed by atoms with Gasteiger partial charge in [0, 0.05) is 41.6 Å². The largest absolute Gasteiger partial charge is 0.370 e. The highest BCUT2D eigenvalue weighted by molar-refractivity contribution is 8.00. The topological polar surface area (TPSA) is 41.1 Å². The Hall–Kier alpha value is -0.970. The highest BCUT2D eigenvalue weighted by Crippen LogP contribution is 2.32. The second-order valence-corrected chi connectivity index (χ2v) is 8.11. The molecule has 0 bridgehead atoms. The van der Waals surface area contributed by atoms with Gasteiger partial charge in [-0.3, -0.25) is 0 Å². The lowest BCUT2D eigenvalue weighted by atomic mass is 10.2. The van der Waals surface area contributed by atoms with E-state index in [4.69, 9.17) is 9.97 Å². The number of anilines is 2. The van der Waals surface area contributed by atoms with Crippen molar-refractivity contribution < 1.29 is 0 Å². The summed E-state index contributed by atoms with van der Waals surface area (Å²) in [6.45, 7) is 16.2. The summed E-state index contributed by atoms with van der Waals surface area (Å²) in [6.07, 6.45) is 0. The number of hydrogen-bond acceptors (Lipinski definition) is 5. The summed E-state index contributed by atoms with van der Waals surface area (Å²) in [6, 6.07) is 0. The van der Waals surface area contributed by atoms with Gasteiger partial charge in [0.05, 0.1) is 0 Å². The van der Waals surface area contributed by atoms with Crippen LogP contribution < -0.4 is 10.2 Å². The molecule has 2 heterocycles. The first-order valence-corrected chi connectivity index (χ1v) is 8.89. The van der Waals surface area contributed by atoms with E-state index in [9.17, 15) is 0 Å². The number of nitrogens with zero attached hydrogens (tertiary/aromatic N) is 3. The van der Waals surface area contributed by atoms with Crippen molar-refractivity contribution in [2.24, 2.45) is 0 Å². The maximum Gasteiger partial charge on any atom is 0.137 e. The van der Waals surface area contributed by atoms with Crippen molar-refractivity contribution >= 4 is 23.4 Å². The fourth-order valence-electron chi connectivity index (χ4n) is 2.78. The standard InChI is InChI=1S/C16H28N4S/c1-7-17-15-13(6)16(19-14(18-15)10(2)3)20-8-11(4)21-12(5)9-20/h10-12H,7-9H2,1-6H3,(H,17,18,19). The minimum atomic E-state index is 0.343. The third-order valence-electron chi connectivity index (χ3n) is 3.72. The summed E-state index contributed by atoms with van der Waals surface area (Å²) >= 11 is 2.07. The third-order valence-corrected chi connectivity index (χ3v) is 4.94. The Labute approximate surface area is 133 Å². The van der Waals surface area contributed by atoms with Gasteiger partial charge in [-0.25, -0.2) is 9.97 Å². The maximum absolute atomic E-state index is 4.87. The van der Waals surface area contributed by atoms with Gasteiger partial charge in [0.15, 0.2) is 0 Å². The first-order valence-electron chi connectivity index (χ1n) is 7.95. The van der Waals surface area contributed by atoms with Gasteiger partial charge in [-0.05, 0) is 13.8 Å². The highest BCUT2D eigenvalue weighted by Gasteiger charge is 2.26. The Morgan fingerprint density at radius 2 is 1.86 bits per heavy atom. The summed E-state index contributed by atoms with van der Waals surface area (Å²) in [5.41, 5.74) is 1.17. The number of hydrogen-bond donors (Lipinski definition) is 1. The van der Waals surface area contributed by atoms with Crippen LogP contribution in [0.4, 0.5) is 11.6 Å². The highest BCUT2D eigenvalue weighted by atomic mass is 32.2. The molecule has 2 rings (SSSR count). The number of rotatable bonds is 4. The number of nitrogens with one attached hydrogen (secondary N) is 1. The maximum atomic E-state index is 4.87. The molecule has 0 aliphatic carbocycles. The van der Waals surface area contributed by atoms with E-state index in [-0.39, 0.29) is 0 Å². The van der Waals surface area contributed by atoms with E-state index in [1.807, 2.05) is 0 Å². The van der Waals surface area contributed by atoms with E-state index in [1.54, 1.807) is 0 Å². The van der Waals surface area contributed by atoms with E-state index < -0.39 is 0 Å². The molecule has 2 unspecified atom stereocenters. The average Bonchev–Trinajstić information content (AvgIpc) is 2.39. The summed E-state index contributed by atoms with van der Waals surface area (Å²) in [4.78, 5) is 12.0. The van der Waals surface area contributed by atoms with Gasteiger partial charge >= 0.3 is 0 Å². The van der Waals surface area contributed by atoms with Crippen LogP contribution in [0, 0.1) is 6.92 Å². The van der Waals surface area contributed by atoms with Gasteiger partial charge < -0.3 is 10.2 Å². The smallest absolute Gasteiger partial charge is 0.137 e. The predicted molar refractivity (Wildman–Crippen MR) is 93.7 cm³/mol. The SMILES string of the molecule is CCNc1nc(C(C)C)nc(N2CC(C)SC(C)C2)c1C. The molecule has 1 fully saturated rings. The molecule has 0 aromatic carbocycles.